The standard InChI is InChI=1S/C23H33N3O4/c1-6-24-23(26-16-18-10-12-20(28-3)22(15-18)30-5)25-13-7-8-17-9-11-19(27-2)21(14-17)29-4/h9-12,14-15H,6-8,13,16H2,1-5H3,(H2,24,25,26). The molecule has 0 aliphatic carbocycles. The van der Waals surface area contributed by atoms with Crippen LogP contribution in [0.15, 0.2) is 41.4 Å². The van der Waals surface area contributed by atoms with Crippen LogP contribution in [-0.2, 0) is 13.0 Å². The molecule has 0 aromatic heterocycles. The van der Waals surface area contributed by atoms with E-state index in [1.165, 1.54) is 5.56 Å². The minimum atomic E-state index is 0.547. The summed E-state index contributed by atoms with van der Waals surface area (Å²) in [6.45, 7) is 4.21. The Morgan fingerprint density at radius 2 is 1.33 bits per heavy atom. The fourth-order valence-corrected chi connectivity index (χ4v) is 3.03. The van der Waals surface area contributed by atoms with Gasteiger partial charge in [-0.15, -0.1) is 0 Å². The van der Waals surface area contributed by atoms with Gasteiger partial charge >= 0.3 is 0 Å². The van der Waals surface area contributed by atoms with E-state index in [0.29, 0.717) is 18.0 Å². The van der Waals surface area contributed by atoms with Gasteiger partial charge in [-0.1, -0.05) is 12.1 Å². The van der Waals surface area contributed by atoms with Crippen LogP contribution < -0.4 is 29.6 Å². The molecule has 7 nitrogen and oxygen atoms in total. The van der Waals surface area contributed by atoms with Crippen molar-refractivity contribution in [3.8, 4) is 23.0 Å². The molecule has 2 rings (SSSR count). The first-order valence-corrected chi connectivity index (χ1v) is 10.1. The molecule has 0 aliphatic heterocycles. The predicted molar refractivity (Wildman–Crippen MR) is 120 cm³/mol. The van der Waals surface area contributed by atoms with Gasteiger partial charge in [0.2, 0.25) is 0 Å². The first kappa shape index (κ1) is 23.2. The maximum Gasteiger partial charge on any atom is 0.191 e. The van der Waals surface area contributed by atoms with Crippen LogP contribution in [0, 0.1) is 0 Å². The molecule has 164 valence electrons. The lowest BCUT2D eigenvalue weighted by atomic mass is 10.1. The summed E-state index contributed by atoms with van der Waals surface area (Å²) in [6.07, 6.45) is 1.90. The molecule has 0 fully saturated rings. The van der Waals surface area contributed by atoms with E-state index >= 15 is 0 Å². The number of guanidine groups is 1. The third kappa shape index (κ3) is 6.76. The average molecular weight is 416 g/mol. The number of aryl methyl sites for hydroxylation is 1. The summed E-state index contributed by atoms with van der Waals surface area (Å²) in [5.74, 6) is 3.71. The van der Waals surface area contributed by atoms with Gasteiger partial charge < -0.3 is 29.6 Å². The smallest absolute Gasteiger partial charge is 0.191 e. The fourth-order valence-electron chi connectivity index (χ4n) is 3.03. The molecule has 7 heteroatoms. The Hall–Kier alpha value is -3.09. The molecule has 0 saturated carbocycles. The third-order valence-electron chi connectivity index (χ3n) is 4.59. The van der Waals surface area contributed by atoms with E-state index in [9.17, 15) is 0 Å². The molecule has 2 aromatic carbocycles. The summed E-state index contributed by atoms with van der Waals surface area (Å²) in [5.41, 5.74) is 2.26. The Morgan fingerprint density at radius 1 is 0.767 bits per heavy atom. The van der Waals surface area contributed by atoms with E-state index < -0.39 is 0 Å². The topological polar surface area (TPSA) is 73.3 Å². The van der Waals surface area contributed by atoms with Crippen molar-refractivity contribution in [3.05, 3.63) is 47.5 Å². The molecule has 0 heterocycles. The number of nitrogens with one attached hydrogen (secondary N) is 2. The number of rotatable bonds is 11. The number of ether oxygens (including phenoxy) is 4. The van der Waals surface area contributed by atoms with Gasteiger partial charge in [-0.3, -0.25) is 0 Å². The number of hydrogen-bond donors (Lipinski definition) is 2. The van der Waals surface area contributed by atoms with Crippen molar-refractivity contribution in [3.63, 3.8) is 0 Å². The van der Waals surface area contributed by atoms with E-state index in [1.54, 1.807) is 28.4 Å². The third-order valence-corrected chi connectivity index (χ3v) is 4.59. The van der Waals surface area contributed by atoms with Gasteiger partial charge in [-0.05, 0) is 55.2 Å². The molecule has 0 saturated heterocycles. The van der Waals surface area contributed by atoms with Crippen LogP contribution in [0.25, 0.3) is 0 Å². The first-order valence-electron chi connectivity index (χ1n) is 10.1. The highest BCUT2D eigenvalue weighted by Crippen LogP contribution is 2.28. The highest BCUT2D eigenvalue weighted by atomic mass is 16.5. The molecule has 2 aromatic rings. The minimum absolute atomic E-state index is 0.547. The van der Waals surface area contributed by atoms with Crippen LogP contribution in [-0.4, -0.2) is 47.5 Å². The largest absolute Gasteiger partial charge is 0.493 e. The molecule has 0 atom stereocenters. The monoisotopic (exact) mass is 415 g/mol. The minimum Gasteiger partial charge on any atom is -0.493 e. The summed E-state index contributed by atoms with van der Waals surface area (Å²) >= 11 is 0. The predicted octanol–water partition coefficient (Wildman–Crippen LogP) is 3.41. The molecule has 0 bridgehead atoms. The molecular formula is C23H33N3O4. The number of nitrogens with zero attached hydrogens (tertiary/aromatic N) is 1. The zero-order valence-corrected chi connectivity index (χ0v) is 18.6. The molecule has 30 heavy (non-hydrogen) atoms. The number of aliphatic imine (C=N–C) groups is 1. The van der Waals surface area contributed by atoms with E-state index in [1.807, 2.05) is 30.3 Å². The van der Waals surface area contributed by atoms with Gasteiger partial charge in [-0.2, -0.15) is 0 Å². The van der Waals surface area contributed by atoms with E-state index in [4.69, 9.17) is 18.9 Å². The van der Waals surface area contributed by atoms with Crippen molar-refractivity contribution in [1.29, 1.82) is 0 Å². The molecule has 0 radical (unpaired) electrons. The van der Waals surface area contributed by atoms with Crippen LogP contribution in [0.1, 0.15) is 24.5 Å². The zero-order chi connectivity index (χ0) is 21.8. The SMILES string of the molecule is CCNC(=NCc1ccc(OC)c(OC)c1)NCCCc1ccc(OC)c(OC)c1. The van der Waals surface area contributed by atoms with Gasteiger partial charge in [0.15, 0.2) is 29.0 Å². The Balaban J connectivity index is 1.89. The van der Waals surface area contributed by atoms with Crippen molar-refractivity contribution in [2.45, 2.75) is 26.3 Å². The van der Waals surface area contributed by atoms with Gasteiger partial charge in [0, 0.05) is 13.1 Å². The Labute approximate surface area is 179 Å². The molecular weight excluding hydrogens is 382 g/mol. The van der Waals surface area contributed by atoms with Crippen molar-refractivity contribution in [2.75, 3.05) is 41.5 Å². The maximum atomic E-state index is 5.37. The van der Waals surface area contributed by atoms with E-state index in [2.05, 4.69) is 28.6 Å². The van der Waals surface area contributed by atoms with E-state index in [0.717, 1.165) is 49.0 Å². The lowest BCUT2D eigenvalue weighted by molar-refractivity contribution is 0.354. The van der Waals surface area contributed by atoms with Gasteiger partial charge in [-0.25, -0.2) is 4.99 Å². The Morgan fingerprint density at radius 3 is 1.90 bits per heavy atom. The van der Waals surface area contributed by atoms with Crippen molar-refractivity contribution >= 4 is 5.96 Å². The van der Waals surface area contributed by atoms with Crippen LogP contribution in [0.2, 0.25) is 0 Å². The molecule has 0 unspecified atom stereocenters. The van der Waals surface area contributed by atoms with Crippen molar-refractivity contribution in [1.82, 2.24) is 10.6 Å². The van der Waals surface area contributed by atoms with Crippen molar-refractivity contribution < 1.29 is 18.9 Å². The van der Waals surface area contributed by atoms with Crippen LogP contribution >= 0.6 is 0 Å². The second kappa shape index (κ2) is 12.5. The van der Waals surface area contributed by atoms with E-state index in [-0.39, 0.29) is 0 Å². The highest BCUT2D eigenvalue weighted by Gasteiger charge is 2.06. The van der Waals surface area contributed by atoms with Gasteiger partial charge in [0.05, 0.1) is 35.0 Å². The summed E-state index contributed by atoms with van der Waals surface area (Å²) in [5, 5.41) is 6.67. The quantitative estimate of drug-likeness (QED) is 0.333. The fraction of sp³-hybridized carbons (Fsp3) is 0.435. The maximum absolute atomic E-state index is 5.37. The van der Waals surface area contributed by atoms with Crippen LogP contribution in [0.3, 0.4) is 0 Å². The number of methoxy groups -OCH3 is 4. The lowest BCUT2D eigenvalue weighted by Crippen LogP contribution is -2.37. The number of hydrogen-bond acceptors (Lipinski definition) is 5. The molecule has 0 spiro atoms. The van der Waals surface area contributed by atoms with Crippen LogP contribution in [0.4, 0.5) is 0 Å². The lowest BCUT2D eigenvalue weighted by Gasteiger charge is -2.13. The Kier molecular flexibility index (Phi) is 9.64. The summed E-state index contributed by atoms with van der Waals surface area (Å²) in [6, 6.07) is 11.9. The van der Waals surface area contributed by atoms with Gasteiger partial charge in [0.1, 0.15) is 0 Å². The molecule has 0 aliphatic rings. The molecule has 0 amide bonds. The highest BCUT2D eigenvalue weighted by molar-refractivity contribution is 5.79. The number of benzene rings is 2. The molecule has 2 N–H and O–H groups in total. The summed E-state index contributed by atoms with van der Waals surface area (Å²) in [4.78, 5) is 4.67. The zero-order valence-electron chi connectivity index (χ0n) is 18.6. The van der Waals surface area contributed by atoms with Crippen LogP contribution in [0.5, 0.6) is 23.0 Å². The first-order chi connectivity index (χ1) is 14.6. The Bertz CT molecular complexity index is 824. The summed E-state index contributed by atoms with van der Waals surface area (Å²) < 4.78 is 21.3. The summed E-state index contributed by atoms with van der Waals surface area (Å²) in [7, 11) is 6.56. The normalized spacial score (nSPS) is 11.0. The second-order valence-corrected chi connectivity index (χ2v) is 6.60. The second-order valence-electron chi connectivity index (χ2n) is 6.60. The average Bonchev–Trinajstić information content (AvgIpc) is 2.79. The van der Waals surface area contributed by atoms with Gasteiger partial charge in [0.25, 0.3) is 0 Å². The van der Waals surface area contributed by atoms with Crippen molar-refractivity contribution in [2.24, 2.45) is 4.99 Å².